The molecule has 2 aromatic rings. The Labute approximate surface area is 111 Å². The molecular formula is C14H15N3O2. The number of ether oxygens (including phenoxy) is 1. The summed E-state index contributed by atoms with van der Waals surface area (Å²) in [7, 11) is 1.82. The molecule has 0 bridgehead atoms. The number of rotatable bonds is 3. The van der Waals surface area contributed by atoms with Gasteiger partial charge in [-0.3, -0.25) is 9.48 Å². The number of Topliss-reactive ketones (excluding diaryl/α,β-unsaturated/α-hetero) is 1. The van der Waals surface area contributed by atoms with E-state index in [9.17, 15) is 4.79 Å². The van der Waals surface area contributed by atoms with Gasteiger partial charge in [0, 0.05) is 24.6 Å². The van der Waals surface area contributed by atoms with Gasteiger partial charge >= 0.3 is 0 Å². The number of nitrogens with zero attached hydrogens (tertiary/aromatic N) is 3. The van der Waals surface area contributed by atoms with E-state index in [1.165, 1.54) is 0 Å². The van der Waals surface area contributed by atoms with Crippen LogP contribution in [0.25, 0.3) is 0 Å². The van der Waals surface area contributed by atoms with Crippen LogP contribution in [0, 0.1) is 0 Å². The van der Waals surface area contributed by atoms with E-state index in [-0.39, 0.29) is 5.78 Å². The molecule has 98 valence electrons. The van der Waals surface area contributed by atoms with Crippen molar-refractivity contribution in [2.75, 3.05) is 0 Å². The number of aromatic nitrogens is 3. The van der Waals surface area contributed by atoms with Crippen LogP contribution < -0.4 is 4.74 Å². The minimum atomic E-state index is 0.214. The van der Waals surface area contributed by atoms with Crippen LogP contribution in [-0.2, 0) is 20.1 Å². The average molecular weight is 257 g/mol. The Kier molecular flexibility index (Phi) is 3.03. The number of hydrogen-bond donors (Lipinski definition) is 0. The summed E-state index contributed by atoms with van der Waals surface area (Å²) >= 11 is 0. The second-order valence-corrected chi connectivity index (χ2v) is 4.73. The molecule has 5 heteroatoms. The van der Waals surface area contributed by atoms with E-state index in [1.54, 1.807) is 4.68 Å². The van der Waals surface area contributed by atoms with Crippen LogP contribution in [0.4, 0.5) is 0 Å². The molecule has 19 heavy (non-hydrogen) atoms. The first-order chi connectivity index (χ1) is 9.24. The van der Waals surface area contributed by atoms with Crippen molar-refractivity contribution in [2.24, 2.45) is 7.05 Å². The van der Waals surface area contributed by atoms with Gasteiger partial charge in [0.1, 0.15) is 18.1 Å². The van der Waals surface area contributed by atoms with Gasteiger partial charge in [0.05, 0.1) is 6.20 Å². The largest absolute Gasteiger partial charge is 0.487 e. The van der Waals surface area contributed by atoms with Gasteiger partial charge in [-0.2, -0.15) is 0 Å². The average Bonchev–Trinajstić information content (AvgIpc) is 2.83. The van der Waals surface area contributed by atoms with E-state index in [1.807, 2.05) is 31.4 Å². The van der Waals surface area contributed by atoms with Gasteiger partial charge in [0.2, 0.25) is 0 Å². The SMILES string of the molecule is Cn1cc(COc2cccc3c2CCCC3=O)nn1. The van der Waals surface area contributed by atoms with Crippen molar-refractivity contribution in [2.45, 2.75) is 25.9 Å². The third-order valence-electron chi connectivity index (χ3n) is 3.29. The maximum Gasteiger partial charge on any atom is 0.163 e. The summed E-state index contributed by atoms with van der Waals surface area (Å²) in [4.78, 5) is 11.8. The molecule has 0 fully saturated rings. The second kappa shape index (κ2) is 4.84. The molecule has 0 saturated heterocycles. The molecule has 1 aromatic heterocycles. The van der Waals surface area contributed by atoms with Crippen LogP contribution in [0.5, 0.6) is 5.75 Å². The second-order valence-electron chi connectivity index (χ2n) is 4.73. The highest BCUT2D eigenvalue weighted by Gasteiger charge is 2.20. The van der Waals surface area contributed by atoms with Gasteiger partial charge in [0.25, 0.3) is 0 Å². The number of benzene rings is 1. The van der Waals surface area contributed by atoms with Crippen LogP contribution in [0.2, 0.25) is 0 Å². The van der Waals surface area contributed by atoms with Gasteiger partial charge in [-0.1, -0.05) is 17.3 Å². The van der Waals surface area contributed by atoms with Gasteiger partial charge in [-0.05, 0) is 18.9 Å². The minimum Gasteiger partial charge on any atom is -0.487 e. The number of hydrogen-bond acceptors (Lipinski definition) is 4. The molecule has 0 amide bonds. The van der Waals surface area contributed by atoms with Gasteiger partial charge in [0.15, 0.2) is 5.78 Å². The maximum atomic E-state index is 11.8. The lowest BCUT2D eigenvalue weighted by Crippen LogP contribution is -2.12. The summed E-state index contributed by atoms with van der Waals surface area (Å²) in [6.45, 7) is 0.373. The number of fused-ring (bicyclic) bond motifs is 1. The zero-order chi connectivity index (χ0) is 13.2. The van der Waals surface area contributed by atoms with Crippen LogP contribution in [0.15, 0.2) is 24.4 Å². The summed E-state index contributed by atoms with van der Waals surface area (Å²) in [6.07, 6.45) is 4.26. The number of ketones is 1. The molecule has 1 aromatic carbocycles. The lowest BCUT2D eigenvalue weighted by Gasteiger charge is -2.18. The van der Waals surface area contributed by atoms with Crippen LogP contribution in [0.3, 0.4) is 0 Å². The Morgan fingerprint density at radius 1 is 1.37 bits per heavy atom. The van der Waals surface area contributed by atoms with Crippen molar-refractivity contribution >= 4 is 5.78 Å². The fourth-order valence-corrected chi connectivity index (χ4v) is 2.39. The van der Waals surface area contributed by atoms with Crippen molar-refractivity contribution in [3.05, 3.63) is 41.2 Å². The first-order valence-corrected chi connectivity index (χ1v) is 6.37. The summed E-state index contributed by atoms with van der Waals surface area (Å²) < 4.78 is 7.43. The summed E-state index contributed by atoms with van der Waals surface area (Å²) in [5.74, 6) is 1.00. The van der Waals surface area contributed by atoms with Gasteiger partial charge in [-0.25, -0.2) is 0 Å². The van der Waals surface area contributed by atoms with Crippen molar-refractivity contribution in [1.29, 1.82) is 0 Å². The monoisotopic (exact) mass is 257 g/mol. The van der Waals surface area contributed by atoms with Crippen molar-refractivity contribution in [3.63, 3.8) is 0 Å². The lowest BCUT2D eigenvalue weighted by molar-refractivity contribution is 0.0971. The van der Waals surface area contributed by atoms with E-state index >= 15 is 0 Å². The highest BCUT2D eigenvalue weighted by atomic mass is 16.5. The van der Waals surface area contributed by atoms with Gasteiger partial charge < -0.3 is 4.74 Å². The quantitative estimate of drug-likeness (QED) is 0.842. The lowest BCUT2D eigenvalue weighted by atomic mass is 9.90. The highest BCUT2D eigenvalue weighted by molar-refractivity contribution is 5.99. The third-order valence-corrected chi connectivity index (χ3v) is 3.29. The van der Waals surface area contributed by atoms with Crippen molar-refractivity contribution in [3.8, 4) is 5.75 Å². The highest BCUT2D eigenvalue weighted by Crippen LogP contribution is 2.29. The molecule has 0 atom stereocenters. The van der Waals surface area contributed by atoms with Crippen molar-refractivity contribution < 1.29 is 9.53 Å². The number of carbonyl (C=O) groups excluding carboxylic acids is 1. The van der Waals surface area contributed by atoms with E-state index < -0.39 is 0 Å². The topological polar surface area (TPSA) is 57.0 Å². The van der Waals surface area contributed by atoms with Crippen LogP contribution >= 0.6 is 0 Å². The summed E-state index contributed by atoms with van der Waals surface area (Å²) in [5, 5.41) is 7.84. The predicted molar refractivity (Wildman–Crippen MR) is 69.0 cm³/mol. The molecule has 1 heterocycles. The van der Waals surface area contributed by atoms with E-state index in [0.29, 0.717) is 13.0 Å². The zero-order valence-electron chi connectivity index (χ0n) is 10.8. The molecule has 0 spiro atoms. The smallest absolute Gasteiger partial charge is 0.163 e. The van der Waals surface area contributed by atoms with E-state index in [4.69, 9.17) is 4.74 Å². The fraction of sp³-hybridized carbons (Fsp3) is 0.357. The fourth-order valence-electron chi connectivity index (χ4n) is 2.39. The molecule has 0 saturated carbocycles. The first-order valence-electron chi connectivity index (χ1n) is 6.37. The van der Waals surface area contributed by atoms with E-state index in [0.717, 1.165) is 35.4 Å². The van der Waals surface area contributed by atoms with Gasteiger partial charge in [-0.15, -0.1) is 5.10 Å². The molecule has 0 radical (unpaired) electrons. The number of aryl methyl sites for hydroxylation is 1. The van der Waals surface area contributed by atoms with E-state index in [2.05, 4.69) is 10.3 Å². The molecule has 0 aliphatic heterocycles. The van der Waals surface area contributed by atoms with Crippen molar-refractivity contribution in [1.82, 2.24) is 15.0 Å². The summed E-state index contributed by atoms with van der Waals surface area (Å²) in [5.41, 5.74) is 2.62. The molecular weight excluding hydrogens is 242 g/mol. The molecule has 1 aliphatic rings. The van der Waals surface area contributed by atoms with Crippen LogP contribution in [-0.4, -0.2) is 20.8 Å². The Morgan fingerprint density at radius 3 is 3.05 bits per heavy atom. The molecule has 0 unspecified atom stereocenters. The Morgan fingerprint density at radius 2 is 2.26 bits per heavy atom. The Bertz CT molecular complexity index is 619. The number of carbonyl (C=O) groups is 1. The molecule has 3 rings (SSSR count). The molecule has 5 nitrogen and oxygen atoms in total. The predicted octanol–water partition coefficient (Wildman–Crippen LogP) is 1.91. The molecule has 1 aliphatic carbocycles. The zero-order valence-corrected chi connectivity index (χ0v) is 10.8. The Balaban J connectivity index is 1.81. The third kappa shape index (κ3) is 2.36. The first kappa shape index (κ1) is 11.9. The minimum absolute atomic E-state index is 0.214. The summed E-state index contributed by atoms with van der Waals surface area (Å²) in [6, 6.07) is 5.66. The maximum absolute atomic E-state index is 11.8. The normalized spacial score (nSPS) is 14.3. The standard InChI is InChI=1S/C14H15N3O2/c1-17-8-10(15-16-17)9-19-14-7-3-4-11-12(14)5-2-6-13(11)18/h3-4,7-8H,2,5-6,9H2,1H3. The Hall–Kier alpha value is -2.17. The molecule has 0 N–H and O–H groups in total. The van der Waals surface area contributed by atoms with Crippen LogP contribution in [0.1, 0.15) is 34.5 Å².